The molecule has 1 aromatic heterocycles. The molecule has 1 aromatic rings. The van der Waals surface area contributed by atoms with E-state index in [1.165, 1.54) is 0 Å². The third kappa shape index (κ3) is 1.39. The number of aromatic amines is 1. The second-order valence-electron chi connectivity index (χ2n) is 2.69. The Hall–Kier alpha value is -0.540. The smallest absolute Gasteiger partial charge is 0.200 e. The summed E-state index contributed by atoms with van der Waals surface area (Å²) >= 11 is 5.63. The predicted octanol–water partition coefficient (Wildman–Crippen LogP) is 1.57. The molecule has 1 fully saturated rings. The molecule has 1 atom stereocenters. The SMILES string of the molecule is Clc1ncc(C2CCOC2)[nH]1. The highest BCUT2D eigenvalue weighted by atomic mass is 35.5. The van der Waals surface area contributed by atoms with Crippen LogP contribution in [0.3, 0.4) is 0 Å². The van der Waals surface area contributed by atoms with Gasteiger partial charge in [0.2, 0.25) is 0 Å². The summed E-state index contributed by atoms with van der Waals surface area (Å²) in [6, 6.07) is 0. The number of rotatable bonds is 1. The Morgan fingerprint density at radius 1 is 1.73 bits per heavy atom. The minimum atomic E-state index is 0.465. The van der Waals surface area contributed by atoms with Crippen molar-refractivity contribution in [3.63, 3.8) is 0 Å². The average Bonchev–Trinajstić information content (AvgIpc) is 2.55. The van der Waals surface area contributed by atoms with Crippen molar-refractivity contribution >= 4 is 11.6 Å². The molecule has 2 heterocycles. The van der Waals surface area contributed by atoms with E-state index in [-0.39, 0.29) is 0 Å². The van der Waals surface area contributed by atoms with Crippen LogP contribution in [-0.4, -0.2) is 23.2 Å². The lowest BCUT2D eigenvalue weighted by Gasteiger charge is -2.01. The molecule has 3 nitrogen and oxygen atoms in total. The molecule has 0 spiro atoms. The third-order valence-electron chi connectivity index (χ3n) is 1.93. The average molecular weight is 173 g/mol. The summed E-state index contributed by atoms with van der Waals surface area (Å²) in [7, 11) is 0. The summed E-state index contributed by atoms with van der Waals surface area (Å²) in [6.45, 7) is 1.64. The highest BCUT2D eigenvalue weighted by molar-refractivity contribution is 6.28. The third-order valence-corrected chi connectivity index (χ3v) is 2.13. The maximum Gasteiger partial charge on any atom is 0.200 e. The van der Waals surface area contributed by atoms with Gasteiger partial charge in [0.25, 0.3) is 0 Å². The first-order valence-corrected chi connectivity index (χ1v) is 4.02. The first-order valence-electron chi connectivity index (χ1n) is 3.64. The lowest BCUT2D eigenvalue weighted by Crippen LogP contribution is -1.96. The number of nitrogens with zero attached hydrogens (tertiary/aromatic N) is 1. The van der Waals surface area contributed by atoms with Crippen LogP contribution < -0.4 is 0 Å². The van der Waals surface area contributed by atoms with Crippen LogP contribution in [0.2, 0.25) is 5.28 Å². The molecule has 1 saturated heterocycles. The highest BCUT2D eigenvalue weighted by Gasteiger charge is 2.19. The van der Waals surface area contributed by atoms with Gasteiger partial charge < -0.3 is 9.72 Å². The van der Waals surface area contributed by atoms with Gasteiger partial charge in [-0.05, 0) is 18.0 Å². The predicted molar refractivity (Wildman–Crippen MR) is 41.8 cm³/mol. The Bertz CT molecular complexity index is 242. The summed E-state index contributed by atoms with van der Waals surface area (Å²) in [5.41, 5.74) is 1.09. The summed E-state index contributed by atoms with van der Waals surface area (Å²) in [5, 5.41) is 0.465. The zero-order chi connectivity index (χ0) is 7.68. The first-order chi connectivity index (χ1) is 5.36. The second kappa shape index (κ2) is 2.83. The van der Waals surface area contributed by atoms with Crippen LogP contribution in [0.4, 0.5) is 0 Å². The summed E-state index contributed by atoms with van der Waals surface area (Å²) < 4.78 is 5.23. The van der Waals surface area contributed by atoms with Crippen molar-refractivity contribution in [1.82, 2.24) is 9.97 Å². The number of hydrogen-bond acceptors (Lipinski definition) is 2. The fraction of sp³-hybridized carbons (Fsp3) is 0.571. The molecule has 0 amide bonds. The van der Waals surface area contributed by atoms with E-state index < -0.39 is 0 Å². The Morgan fingerprint density at radius 3 is 3.18 bits per heavy atom. The Kier molecular flexibility index (Phi) is 1.84. The lowest BCUT2D eigenvalue weighted by atomic mass is 10.1. The van der Waals surface area contributed by atoms with Crippen molar-refractivity contribution in [3.8, 4) is 0 Å². The molecule has 1 N–H and O–H groups in total. The van der Waals surface area contributed by atoms with Gasteiger partial charge in [-0.2, -0.15) is 0 Å². The molecule has 1 aliphatic heterocycles. The molecule has 0 aliphatic carbocycles. The van der Waals surface area contributed by atoms with E-state index in [0.717, 1.165) is 25.3 Å². The Labute approximate surface area is 69.7 Å². The van der Waals surface area contributed by atoms with Gasteiger partial charge in [0.1, 0.15) is 0 Å². The van der Waals surface area contributed by atoms with Crippen molar-refractivity contribution in [2.24, 2.45) is 0 Å². The number of imidazole rings is 1. The van der Waals surface area contributed by atoms with E-state index in [2.05, 4.69) is 9.97 Å². The zero-order valence-corrected chi connectivity index (χ0v) is 6.77. The topological polar surface area (TPSA) is 37.9 Å². The molecular weight excluding hydrogens is 164 g/mol. The van der Waals surface area contributed by atoms with Crippen molar-refractivity contribution in [3.05, 3.63) is 17.2 Å². The molecule has 4 heteroatoms. The maximum atomic E-state index is 5.63. The molecule has 11 heavy (non-hydrogen) atoms. The fourth-order valence-corrected chi connectivity index (χ4v) is 1.46. The highest BCUT2D eigenvalue weighted by Crippen LogP contribution is 2.23. The number of ether oxygens (including phenoxy) is 1. The normalized spacial score (nSPS) is 24.3. The molecule has 1 aliphatic rings. The van der Waals surface area contributed by atoms with Gasteiger partial charge in [0.15, 0.2) is 5.28 Å². The van der Waals surface area contributed by atoms with Crippen LogP contribution in [0.15, 0.2) is 6.20 Å². The minimum Gasteiger partial charge on any atom is -0.381 e. The standard InChI is InChI=1S/C7H9ClN2O/c8-7-9-3-6(10-7)5-1-2-11-4-5/h3,5H,1-2,4H2,(H,9,10). The van der Waals surface area contributed by atoms with Crippen molar-refractivity contribution < 1.29 is 4.74 Å². The van der Waals surface area contributed by atoms with Crippen LogP contribution in [0, 0.1) is 0 Å². The number of H-pyrrole nitrogens is 1. The molecule has 2 rings (SSSR count). The molecule has 1 unspecified atom stereocenters. The van der Waals surface area contributed by atoms with Gasteiger partial charge in [0, 0.05) is 24.4 Å². The van der Waals surface area contributed by atoms with Gasteiger partial charge in [-0.1, -0.05) is 0 Å². The van der Waals surface area contributed by atoms with Crippen molar-refractivity contribution in [2.45, 2.75) is 12.3 Å². The number of halogens is 1. The largest absolute Gasteiger partial charge is 0.381 e. The Morgan fingerprint density at radius 2 is 2.64 bits per heavy atom. The molecule has 0 saturated carbocycles. The van der Waals surface area contributed by atoms with Gasteiger partial charge >= 0.3 is 0 Å². The summed E-state index contributed by atoms with van der Waals surface area (Å²) in [5.74, 6) is 0.468. The van der Waals surface area contributed by atoms with Crippen LogP contribution >= 0.6 is 11.6 Å². The van der Waals surface area contributed by atoms with E-state index in [1.54, 1.807) is 6.20 Å². The number of hydrogen-bond donors (Lipinski definition) is 1. The van der Waals surface area contributed by atoms with Crippen LogP contribution in [0.25, 0.3) is 0 Å². The van der Waals surface area contributed by atoms with E-state index in [4.69, 9.17) is 16.3 Å². The van der Waals surface area contributed by atoms with Crippen LogP contribution in [-0.2, 0) is 4.74 Å². The zero-order valence-electron chi connectivity index (χ0n) is 6.01. The quantitative estimate of drug-likeness (QED) is 0.698. The van der Waals surface area contributed by atoms with Gasteiger partial charge in [-0.3, -0.25) is 0 Å². The molecule has 60 valence electrons. The van der Waals surface area contributed by atoms with E-state index in [9.17, 15) is 0 Å². The monoisotopic (exact) mass is 172 g/mol. The van der Waals surface area contributed by atoms with E-state index >= 15 is 0 Å². The fourth-order valence-electron chi connectivity index (χ4n) is 1.30. The van der Waals surface area contributed by atoms with Crippen molar-refractivity contribution in [1.29, 1.82) is 0 Å². The van der Waals surface area contributed by atoms with E-state index in [0.29, 0.717) is 11.2 Å². The second-order valence-corrected chi connectivity index (χ2v) is 3.05. The lowest BCUT2D eigenvalue weighted by molar-refractivity contribution is 0.193. The number of aromatic nitrogens is 2. The summed E-state index contributed by atoms with van der Waals surface area (Å²) in [6.07, 6.45) is 2.85. The summed E-state index contributed by atoms with van der Waals surface area (Å²) in [4.78, 5) is 6.91. The minimum absolute atomic E-state index is 0.465. The Balaban J connectivity index is 2.15. The van der Waals surface area contributed by atoms with Crippen LogP contribution in [0.5, 0.6) is 0 Å². The molecule has 0 bridgehead atoms. The van der Waals surface area contributed by atoms with Crippen molar-refractivity contribution in [2.75, 3.05) is 13.2 Å². The molecule has 0 radical (unpaired) electrons. The van der Waals surface area contributed by atoms with Gasteiger partial charge in [-0.25, -0.2) is 4.98 Å². The van der Waals surface area contributed by atoms with Crippen LogP contribution in [0.1, 0.15) is 18.0 Å². The maximum absolute atomic E-state index is 5.63. The molecule has 0 aromatic carbocycles. The number of nitrogens with one attached hydrogen (secondary N) is 1. The van der Waals surface area contributed by atoms with E-state index in [1.807, 2.05) is 0 Å². The first kappa shape index (κ1) is 7.13. The molecular formula is C7H9ClN2O. The van der Waals surface area contributed by atoms with Gasteiger partial charge in [0.05, 0.1) is 6.61 Å². The van der Waals surface area contributed by atoms with Gasteiger partial charge in [-0.15, -0.1) is 0 Å².